The number of hydrogen-bond acceptors (Lipinski definition) is 4. The molecule has 0 unspecified atom stereocenters. The molecule has 5 nitrogen and oxygen atoms in total. The number of aliphatic carboxylic acids is 1. The average Bonchev–Trinajstić information content (AvgIpc) is 2.30. The van der Waals surface area contributed by atoms with Crippen LogP contribution in [0.1, 0.15) is 19.8 Å². The van der Waals surface area contributed by atoms with E-state index >= 15 is 0 Å². The molecule has 8 heteroatoms. The fourth-order valence-corrected chi connectivity index (χ4v) is 1.73. The molecule has 0 aromatic carbocycles. The van der Waals surface area contributed by atoms with Crippen LogP contribution in [0.4, 0.5) is 8.78 Å². The first kappa shape index (κ1) is 18.8. The van der Waals surface area contributed by atoms with Crippen molar-refractivity contribution in [1.82, 2.24) is 4.90 Å². The smallest absolute Gasteiger partial charge is 0.334 e. The number of carboxylic acid groups (broad SMARTS) is 1. The van der Waals surface area contributed by atoms with E-state index in [-0.39, 0.29) is 50.5 Å². The van der Waals surface area contributed by atoms with Gasteiger partial charge in [0.1, 0.15) is 6.61 Å². The van der Waals surface area contributed by atoms with Crippen LogP contribution in [0.3, 0.4) is 0 Å². The van der Waals surface area contributed by atoms with Crippen molar-refractivity contribution in [3.63, 3.8) is 0 Å². The predicted molar refractivity (Wildman–Crippen MR) is 70.2 cm³/mol. The third kappa shape index (κ3) is 6.81. The minimum absolute atomic E-state index is 0. The topological polar surface area (TPSA) is 66.8 Å². The molecular weight excluding hydrogens is 296 g/mol. The van der Waals surface area contributed by atoms with Crippen molar-refractivity contribution in [2.24, 2.45) is 0 Å². The quantitative estimate of drug-likeness (QED) is 0.618. The van der Waals surface area contributed by atoms with Gasteiger partial charge in [0.2, 0.25) is 0 Å². The monoisotopic (exact) mass is 313 g/mol. The molecule has 116 valence electrons. The number of alkyl halides is 2. The number of piperidine rings is 1. The second-order valence-electron chi connectivity index (χ2n) is 4.50. The summed E-state index contributed by atoms with van der Waals surface area (Å²) >= 11 is 0. The van der Waals surface area contributed by atoms with Crippen LogP contribution in [-0.4, -0.2) is 54.1 Å². The molecule has 1 fully saturated rings. The van der Waals surface area contributed by atoms with E-state index in [0.717, 1.165) is 6.08 Å². The Kier molecular flexibility index (Phi) is 7.67. The van der Waals surface area contributed by atoms with Gasteiger partial charge in [-0.25, -0.2) is 18.4 Å². The molecule has 1 heterocycles. The minimum Gasteiger partial charge on any atom is -0.478 e. The lowest BCUT2D eigenvalue weighted by atomic mass is 10.1. The molecular formula is C12H18ClF2NO4. The zero-order chi connectivity index (χ0) is 14.5. The van der Waals surface area contributed by atoms with Gasteiger partial charge in [0.25, 0.3) is 5.92 Å². The van der Waals surface area contributed by atoms with Crippen molar-refractivity contribution in [3.05, 3.63) is 11.6 Å². The average molecular weight is 314 g/mol. The van der Waals surface area contributed by atoms with Crippen LogP contribution in [0.25, 0.3) is 0 Å². The number of carbonyl (C=O) groups excluding carboxylic acids is 1. The molecule has 0 bridgehead atoms. The summed E-state index contributed by atoms with van der Waals surface area (Å²) in [5.41, 5.74) is -0.00215. The molecule has 0 atom stereocenters. The molecule has 1 rings (SSSR count). The number of likely N-dealkylation sites (tertiary alicyclic amines) is 1. The summed E-state index contributed by atoms with van der Waals surface area (Å²) in [6, 6.07) is 0. The largest absolute Gasteiger partial charge is 0.478 e. The van der Waals surface area contributed by atoms with Gasteiger partial charge in [0, 0.05) is 44.1 Å². The molecule has 1 aliphatic heterocycles. The lowest BCUT2D eigenvalue weighted by molar-refractivity contribution is -0.140. The number of carboxylic acids is 1. The van der Waals surface area contributed by atoms with Crippen LogP contribution in [0.2, 0.25) is 0 Å². The number of carbonyl (C=O) groups is 2. The van der Waals surface area contributed by atoms with Gasteiger partial charge in [-0.1, -0.05) is 0 Å². The summed E-state index contributed by atoms with van der Waals surface area (Å²) < 4.78 is 30.6. The minimum atomic E-state index is -2.59. The number of hydrogen-bond donors (Lipinski definition) is 1. The van der Waals surface area contributed by atoms with Gasteiger partial charge in [-0.2, -0.15) is 0 Å². The van der Waals surface area contributed by atoms with Crippen LogP contribution >= 0.6 is 12.4 Å². The lowest BCUT2D eigenvalue weighted by Gasteiger charge is -2.31. The molecule has 0 aromatic rings. The first-order valence-corrected chi connectivity index (χ1v) is 5.99. The zero-order valence-corrected chi connectivity index (χ0v) is 11.9. The predicted octanol–water partition coefficient (Wildman–Crippen LogP) is 1.71. The summed E-state index contributed by atoms with van der Waals surface area (Å²) in [6.45, 7) is 2.33. The first-order chi connectivity index (χ1) is 8.80. The molecule has 1 aliphatic rings. The normalized spacial score (nSPS) is 19.1. The highest BCUT2D eigenvalue weighted by molar-refractivity contribution is 5.95. The van der Waals surface area contributed by atoms with E-state index in [9.17, 15) is 18.4 Å². The SMILES string of the molecule is C/C(=C\C(=O)O)C(=O)OCCN1CCC(F)(F)CC1.Cl. The second-order valence-corrected chi connectivity index (χ2v) is 4.50. The number of halogens is 3. The van der Waals surface area contributed by atoms with Crippen molar-refractivity contribution in [2.75, 3.05) is 26.2 Å². The van der Waals surface area contributed by atoms with Crippen molar-refractivity contribution < 1.29 is 28.2 Å². The molecule has 1 N–H and O–H groups in total. The van der Waals surface area contributed by atoms with Crippen LogP contribution in [-0.2, 0) is 14.3 Å². The van der Waals surface area contributed by atoms with E-state index in [1.165, 1.54) is 6.92 Å². The van der Waals surface area contributed by atoms with E-state index in [2.05, 4.69) is 0 Å². The number of esters is 1. The van der Waals surface area contributed by atoms with Crippen LogP contribution in [0.5, 0.6) is 0 Å². The Hall–Kier alpha value is -1.21. The van der Waals surface area contributed by atoms with E-state index in [1.54, 1.807) is 4.90 Å². The Morgan fingerprint density at radius 1 is 1.35 bits per heavy atom. The molecule has 0 amide bonds. The Bertz CT molecular complexity index is 378. The Morgan fingerprint density at radius 2 is 1.90 bits per heavy atom. The Morgan fingerprint density at radius 3 is 2.40 bits per heavy atom. The van der Waals surface area contributed by atoms with Crippen molar-refractivity contribution in [3.8, 4) is 0 Å². The van der Waals surface area contributed by atoms with Crippen LogP contribution < -0.4 is 0 Å². The summed E-state index contributed by atoms with van der Waals surface area (Å²) in [5, 5.41) is 8.45. The summed E-state index contributed by atoms with van der Waals surface area (Å²) in [7, 11) is 0. The Labute approximate surface area is 122 Å². The van der Waals surface area contributed by atoms with E-state index in [0.29, 0.717) is 6.54 Å². The molecule has 0 saturated carbocycles. The Balaban J connectivity index is 0.00000361. The summed E-state index contributed by atoms with van der Waals surface area (Å²) in [4.78, 5) is 23.5. The molecule has 1 saturated heterocycles. The van der Waals surface area contributed by atoms with Crippen LogP contribution in [0, 0.1) is 0 Å². The summed E-state index contributed by atoms with van der Waals surface area (Å²) in [6.07, 6.45) is 0.404. The molecule has 20 heavy (non-hydrogen) atoms. The van der Waals surface area contributed by atoms with Gasteiger partial charge in [0.05, 0.1) is 0 Å². The number of nitrogens with zero attached hydrogens (tertiary/aromatic N) is 1. The second kappa shape index (κ2) is 8.16. The summed E-state index contributed by atoms with van der Waals surface area (Å²) in [5.74, 6) is -4.51. The number of ether oxygens (including phenoxy) is 1. The first-order valence-electron chi connectivity index (χ1n) is 5.99. The third-order valence-electron chi connectivity index (χ3n) is 2.89. The van der Waals surface area contributed by atoms with Gasteiger partial charge in [-0.3, -0.25) is 4.90 Å². The van der Waals surface area contributed by atoms with Crippen LogP contribution in [0.15, 0.2) is 11.6 Å². The fourth-order valence-electron chi connectivity index (χ4n) is 1.73. The highest BCUT2D eigenvalue weighted by atomic mass is 35.5. The zero-order valence-electron chi connectivity index (χ0n) is 11.1. The number of rotatable bonds is 5. The van der Waals surface area contributed by atoms with Crippen molar-refractivity contribution in [1.29, 1.82) is 0 Å². The van der Waals surface area contributed by atoms with E-state index < -0.39 is 17.9 Å². The van der Waals surface area contributed by atoms with Gasteiger partial charge in [-0.15, -0.1) is 12.4 Å². The maximum Gasteiger partial charge on any atom is 0.334 e. The highest BCUT2D eigenvalue weighted by Crippen LogP contribution is 2.27. The molecule has 0 radical (unpaired) electrons. The third-order valence-corrected chi connectivity index (χ3v) is 2.89. The standard InChI is InChI=1S/C12H17F2NO4.ClH/c1-9(8-10(16)17)11(18)19-7-6-15-4-2-12(13,14)3-5-15;/h8H,2-7H2,1H3,(H,16,17);1H/b9-8+;. The molecule has 0 aliphatic carbocycles. The highest BCUT2D eigenvalue weighted by Gasteiger charge is 2.33. The van der Waals surface area contributed by atoms with Crippen molar-refractivity contribution in [2.45, 2.75) is 25.7 Å². The van der Waals surface area contributed by atoms with Gasteiger partial charge in [-0.05, 0) is 6.92 Å². The lowest BCUT2D eigenvalue weighted by Crippen LogP contribution is -2.41. The van der Waals surface area contributed by atoms with E-state index in [1.807, 2.05) is 0 Å². The van der Waals surface area contributed by atoms with E-state index in [4.69, 9.17) is 9.84 Å². The van der Waals surface area contributed by atoms with Gasteiger partial charge >= 0.3 is 11.9 Å². The van der Waals surface area contributed by atoms with Gasteiger partial charge in [0.15, 0.2) is 0 Å². The maximum absolute atomic E-state index is 12.9. The molecule has 0 aromatic heterocycles. The van der Waals surface area contributed by atoms with Gasteiger partial charge < -0.3 is 9.84 Å². The maximum atomic E-state index is 12.9. The van der Waals surface area contributed by atoms with Crippen molar-refractivity contribution >= 4 is 24.3 Å². The molecule has 0 spiro atoms. The fraction of sp³-hybridized carbons (Fsp3) is 0.667.